The van der Waals surface area contributed by atoms with E-state index in [0.29, 0.717) is 17.9 Å². The van der Waals surface area contributed by atoms with E-state index in [4.69, 9.17) is 0 Å². The highest BCUT2D eigenvalue weighted by molar-refractivity contribution is 5.77. The molecular weight excluding hydrogens is 236 g/mol. The lowest BCUT2D eigenvalue weighted by atomic mass is 9.96. The van der Waals surface area contributed by atoms with Crippen LogP contribution in [0.1, 0.15) is 44.9 Å². The number of nitrogens with zero attached hydrogens (tertiary/aromatic N) is 1. The fourth-order valence-electron chi connectivity index (χ4n) is 3.39. The van der Waals surface area contributed by atoms with Crippen LogP contribution in [0.5, 0.6) is 0 Å². The maximum Gasteiger partial charge on any atom is 0.223 e. The van der Waals surface area contributed by atoms with E-state index in [1.165, 1.54) is 32.1 Å². The number of hydrogen-bond donors (Lipinski definition) is 1. The summed E-state index contributed by atoms with van der Waals surface area (Å²) in [5, 5.41) is 3.41. The molecule has 1 aliphatic heterocycles. The van der Waals surface area contributed by atoms with Gasteiger partial charge in [-0.3, -0.25) is 4.79 Å². The summed E-state index contributed by atoms with van der Waals surface area (Å²) in [5.41, 5.74) is 0. The molecule has 3 nitrogen and oxygen atoms in total. The molecule has 1 amide bonds. The monoisotopic (exact) mass is 262 g/mol. The maximum atomic E-state index is 12.5. The average molecular weight is 262 g/mol. The summed E-state index contributed by atoms with van der Waals surface area (Å²) in [5.74, 6) is 1.66. The standard InChI is InChI=1S/C16H26N2O/c19-16(11-13-3-1-2-4-13)18(15-5-6-15)12-14-7-9-17-10-8-14/h1,3,13-15,17H,2,4-12H2. The van der Waals surface area contributed by atoms with Crippen LogP contribution in [0.15, 0.2) is 12.2 Å². The normalized spacial score (nSPS) is 27.7. The zero-order valence-corrected chi connectivity index (χ0v) is 11.8. The first-order chi connectivity index (χ1) is 9.33. The maximum absolute atomic E-state index is 12.5. The number of carbonyl (C=O) groups excluding carboxylic acids is 1. The summed E-state index contributed by atoms with van der Waals surface area (Å²) in [6.07, 6.45) is 12.5. The van der Waals surface area contributed by atoms with Crippen molar-refractivity contribution in [3.05, 3.63) is 12.2 Å². The van der Waals surface area contributed by atoms with Crippen LogP contribution in [0, 0.1) is 11.8 Å². The fourth-order valence-corrected chi connectivity index (χ4v) is 3.39. The Kier molecular flexibility index (Phi) is 4.21. The molecule has 0 bridgehead atoms. The van der Waals surface area contributed by atoms with Gasteiger partial charge in [0.15, 0.2) is 0 Å². The van der Waals surface area contributed by atoms with Gasteiger partial charge in [0.2, 0.25) is 5.91 Å². The van der Waals surface area contributed by atoms with Gasteiger partial charge in [0.05, 0.1) is 0 Å². The van der Waals surface area contributed by atoms with Gasteiger partial charge in [-0.15, -0.1) is 0 Å². The first kappa shape index (κ1) is 13.2. The highest BCUT2D eigenvalue weighted by Gasteiger charge is 2.34. The van der Waals surface area contributed by atoms with Crippen molar-refractivity contribution in [1.29, 1.82) is 0 Å². The summed E-state index contributed by atoms with van der Waals surface area (Å²) < 4.78 is 0. The number of carbonyl (C=O) groups is 1. The van der Waals surface area contributed by atoms with Gasteiger partial charge in [-0.25, -0.2) is 0 Å². The molecule has 0 spiro atoms. The van der Waals surface area contributed by atoms with Gasteiger partial charge in [-0.05, 0) is 63.5 Å². The van der Waals surface area contributed by atoms with E-state index >= 15 is 0 Å². The van der Waals surface area contributed by atoms with E-state index in [0.717, 1.165) is 38.4 Å². The number of piperidine rings is 1. The minimum Gasteiger partial charge on any atom is -0.339 e. The molecule has 1 atom stereocenters. The lowest BCUT2D eigenvalue weighted by Crippen LogP contribution is -2.41. The van der Waals surface area contributed by atoms with Crippen molar-refractivity contribution in [2.75, 3.05) is 19.6 Å². The van der Waals surface area contributed by atoms with E-state index in [9.17, 15) is 4.79 Å². The molecular formula is C16H26N2O. The molecule has 0 radical (unpaired) electrons. The van der Waals surface area contributed by atoms with Crippen LogP contribution in [-0.4, -0.2) is 36.5 Å². The van der Waals surface area contributed by atoms with Crippen LogP contribution < -0.4 is 5.32 Å². The highest BCUT2D eigenvalue weighted by Crippen LogP contribution is 2.31. The van der Waals surface area contributed by atoms with E-state index in [-0.39, 0.29) is 0 Å². The number of amides is 1. The van der Waals surface area contributed by atoms with Crippen LogP contribution in [-0.2, 0) is 4.79 Å². The molecule has 19 heavy (non-hydrogen) atoms. The number of hydrogen-bond acceptors (Lipinski definition) is 2. The molecule has 0 aromatic rings. The van der Waals surface area contributed by atoms with Crippen molar-refractivity contribution >= 4 is 5.91 Å². The van der Waals surface area contributed by atoms with Crippen LogP contribution in [0.2, 0.25) is 0 Å². The summed E-state index contributed by atoms with van der Waals surface area (Å²) >= 11 is 0. The molecule has 2 fully saturated rings. The lowest BCUT2D eigenvalue weighted by Gasteiger charge is -2.31. The largest absolute Gasteiger partial charge is 0.339 e. The molecule has 0 aromatic heterocycles. The van der Waals surface area contributed by atoms with Gasteiger partial charge in [-0.2, -0.15) is 0 Å². The number of allylic oxidation sites excluding steroid dienone is 2. The van der Waals surface area contributed by atoms with Crippen LogP contribution >= 0.6 is 0 Å². The van der Waals surface area contributed by atoms with Crippen molar-refractivity contribution in [3.63, 3.8) is 0 Å². The number of rotatable bonds is 5. The second kappa shape index (κ2) is 6.08. The molecule has 1 N–H and O–H groups in total. The van der Waals surface area contributed by atoms with Crippen LogP contribution in [0.4, 0.5) is 0 Å². The third-order valence-electron chi connectivity index (χ3n) is 4.77. The Morgan fingerprint density at radius 2 is 1.95 bits per heavy atom. The Morgan fingerprint density at radius 1 is 1.16 bits per heavy atom. The van der Waals surface area contributed by atoms with Crippen molar-refractivity contribution in [2.24, 2.45) is 11.8 Å². The average Bonchev–Trinajstić information content (AvgIpc) is 3.15. The summed E-state index contributed by atoms with van der Waals surface area (Å²) in [4.78, 5) is 14.8. The van der Waals surface area contributed by atoms with Crippen LogP contribution in [0.25, 0.3) is 0 Å². The Bertz CT molecular complexity index is 343. The van der Waals surface area contributed by atoms with Crippen molar-refractivity contribution < 1.29 is 4.79 Å². The van der Waals surface area contributed by atoms with E-state index in [2.05, 4.69) is 22.4 Å². The second-order valence-corrected chi connectivity index (χ2v) is 6.44. The third-order valence-corrected chi connectivity index (χ3v) is 4.77. The molecule has 3 aliphatic rings. The van der Waals surface area contributed by atoms with Gasteiger partial charge in [0, 0.05) is 19.0 Å². The topological polar surface area (TPSA) is 32.3 Å². The molecule has 1 unspecified atom stereocenters. The second-order valence-electron chi connectivity index (χ2n) is 6.44. The van der Waals surface area contributed by atoms with Gasteiger partial charge in [-0.1, -0.05) is 12.2 Å². The first-order valence-corrected chi connectivity index (χ1v) is 8.00. The SMILES string of the molecule is O=C(CC1C=CCC1)N(CC1CCNCC1)C1CC1. The molecule has 1 saturated carbocycles. The van der Waals surface area contributed by atoms with Crippen molar-refractivity contribution in [1.82, 2.24) is 10.2 Å². The minimum absolute atomic E-state index is 0.414. The van der Waals surface area contributed by atoms with E-state index in [1.54, 1.807) is 0 Å². The first-order valence-electron chi connectivity index (χ1n) is 8.00. The molecule has 1 heterocycles. The van der Waals surface area contributed by atoms with Gasteiger partial charge < -0.3 is 10.2 Å². The van der Waals surface area contributed by atoms with E-state index in [1.807, 2.05) is 0 Å². The Hall–Kier alpha value is -0.830. The summed E-state index contributed by atoms with van der Waals surface area (Å²) in [6.45, 7) is 3.27. The lowest BCUT2D eigenvalue weighted by molar-refractivity contribution is -0.133. The fraction of sp³-hybridized carbons (Fsp3) is 0.812. The summed E-state index contributed by atoms with van der Waals surface area (Å²) in [6, 6.07) is 0.577. The van der Waals surface area contributed by atoms with Gasteiger partial charge in [0.1, 0.15) is 0 Å². The smallest absolute Gasteiger partial charge is 0.223 e. The van der Waals surface area contributed by atoms with Crippen molar-refractivity contribution in [2.45, 2.75) is 51.0 Å². The summed E-state index contributed by atoms with van der Waals surface area (Å²) in [7, 11) is 0. The zero-order valence-electron chi connectivity index (χ0n) is 11.8. The highest BCUT2D eigenvalue weighted by atomic mass is 16.2. The zero-order chi connectivity index (χ0) is 13.1. The molecule has 0 aromatic carbocycles. The van der Waals surface area contributed by atoms with Gasteiger partial charge >= 0.3 is 0 Å². The molecule has 106 valence electrons. The molecule has 3 heteroatoms. The quantitative estimate of drug-likeness (QED) is 0.771. The van der Waals surface area contributed by atoms with E-state index < -0.39 is 0 Å². The third kappa shape index (κ3) is 3.59. The Morgan fingerprint density at radius 3 is 2.58 bits per heavy atom. The van der Waals surface area contributed by atoms with Gasteiger partial charge in [0.25, 0.3) is 0 Å². The predicted octanol–water partition coefficient (Wildman–Crippen LogP) is 2.33. The van der Waals surface area contributed by atoms with Crippen molar-refractivity contribution in [3.8, 4) is 0 Å². The Balaban J connectivity index is 1.53. The molecule has 3 rings (SSSR count). The minimum atomic E-state index is 0.414. The Labute approximate surface area is 116 Å². The van der Waals surface area contributed by atoms with Crippen LogP contribution in [0.3, 0.4) is 0 Å². The number of nitrogens with one attached hydrogen (secondary N) is 1. The molecule has 2 aliphatic carbocycles. The molecule has 1 saturated heterocycles. The predicted molar refractivity (Wildman–Crippen MR) is 76.8 cm³/mol.